The average molecular weight is 470 g/mol. The van der Waals surface area contributed by atoms with E-state index in [0.717, 1.165) is 0 Å². The van der Waals surface area contributed by atoms with Gasteiger partial charge < -0.3 is 14.4 Å². The molecule has 4 aromatic rings. The molecule has 7 nitrogen and oxygen atoms in total. The molecule has 0 aliphatic carbocycles. The summed E-state index contributed by atoms with van der Waals surface area (Å²) in [4.78, 5) is 32.9. The van der Waals surface area contributed by atoms with Gasteiger partial charge in [0.05, 0.1) is 12.1 Å². The predicted octanol–water partition coefficient (Wildman–Crippen LogP) is 4.79. The van der Waals surface area contributed by atoms with Crippen LogP contribution in [-0.2, 0) is 11.3 Å². The second-order valence-corrected chi connectivity index (χ2v) is 7.89. The second kappa shape index (κ2) is 8.98. The fourth-order valence-electron chi connectivity index (χ4n) is 3.46. The molecule has 0 fully saturated rings. The number of benzene rings is 2. The van der Waals surface area contributed by atoms with Crippen LogP contribution in [0.5, 0.6) is 5.75 Å². The highest BCUT2D eigenvalue weighted by molar-refractivity contribution is 6.31. The van der Waals surface area contributed by atoms with E-state index < -0.39 is 12.6 Å². The lowest BCUT2D eigenvalue weighted by molar-refractivity contribution is -0.139. The van der Waals surface area contributed by atoms with Crippen LogP contribution in [0.15, 0.2) is 54.9 Å². The molecule has 0 radical (unpaired) electrons. The van der Waals surface area contributed by atoms with E-state index in [2.05, 4.69) is 9.97 Å². The van der Waals surface area contributed by atoms with Gasteiger partial charge in [0.25, 0.3) is 0 Å². The Balaban J connectivity index is 1.77. The number of ketones is 1. The maximum absolute atomic E-state index is 13.3. The summed E-state index contributed by atoms with van der Waals surface area (Å²) in [7, 11) is 0. The zero-order valence-electron chi connectivity index (χ0n) is 16.9. The molecule has 0 aliphatic rings. The number of aliphatic carboxylic acids is 1. The zero-order chi connectivity index (χ0) is 22.8. The standard InChI is InChI=1S/C23H17Cl2N3O4/c1-13-20(22(31)14-2-4-16(24)5-3-14)21-23(27-9-8-26-21)28(13)11-15-10-17(6-7-18(15)25)32-12-19(29)30/h2-10H,11-12H2,1H3,(H,29,30). The smallest absolute Gasteiger partial charge is 0.341 e. The minimum absolute atomic E-state index is 0.187. The normalized spacial score (nSPS) is 11.0. The Bertz CT molecular complexity index is 1330. The zero-order valence-corrected chi connectivity index (χ0v) is 18.4. The van der Waals surface area contributed by atoms with Crippen LogP contribution in [0.1, 0.15) is 27.2 Å². The van der Waals surface area contributed by atoms with E-state index in [1.165, 1.54) is 6.20 Å². The van der Waals surface area contributed by atoms with Gasteiger partial charge in [-0.25, -0.2) is 9.78 Å². The van der Waals surface area contributed by atoms with Gasteiger partial charge in [-0.2, -0.15) is 0 Å². The average Bonchev–Trinajstić information content (AvgIpc) is 3.05. The molecule has 0 spiro atoms. The third-order valence-corrected chi connectivity index (χ3v) is 5.60. The number of carbonyl (C=O) groups is 2. The van der Waals surface area contributed by atoms with Gasteiger partial charge in [0.15, 0.2) is 18.0 Å². The van der Waals surface area contributed by atoms with Crippen molar-refractivity contribution in [2.45, 2.75) is 13.5 Å². The number of fused-ring (bicyclic) bond motifs is 1. The number of rotatable bonds is 7. The van der Waals surface area contributed by atoms with Crippen molar-refractivity contribution in [1.82, 2.24) is 14.5 Å². The third kappa shape index (κ3) is 4.30. The molecule has 2 aromatic carbocycles. The summed E-state index contributed by atoms with van der Waals surface area (Å²) in [6.45, 7) is 1.65. The Kier molecular flexibility index (Phi) is 6.12. The minimum atomic E-state index is -1.07. The lowest BCUT2D eigenvalue weighted by Gasteiger charge is -2.12. The first kappa shape index (κ1) is 21.8. The van der Waals surface area contributed by atoms with Crippen molar-refractivity contribution in [3.05, 3.63) is 87.3 Å². The van der Waals surface area contributed by atoms with Gasteiger partial charge in [0, 0.05) is 33.7 Å². The van der Waals surface area contributed by atoms with Gasteiger partial charge in [-0.15, -0.1) is 0 Å². The van der Waals surface area contributed by atoms with E-state index in [9.17, 15) is 9.59 Å². The number of nitrogens with zero attached hydrogens (tertiary/aromatic N) is 3. The lowest BCUT2D eigenvalue weighted by Crippen LogP contribution is -2.10. The van der Waals surface area contributed by atoms with Crippen molar-refractivity contribution in [1.29, 1.82) is 0 Å². The molecule has 32 heavy (non-hydrogen) atoms. The van der Waals surface area contributed by atoms with E-state index >= 15 is 0 Å². The Labute approximate surface area is 193 Å². The number of carbonyl (C=O) groups excluding carboxylic acids is 1. The molecular formula is C23H17Cl2N3O4. The van der Waals surface area contributed by atoms with Crippen LogP contribution < -0.4 is 4.74 Å². The highest BCUT2D eigenvalue weighted by Gasteiger charge is 2.23. The molecule has 2 heterocycles. The molecule has 0 atom stereocenters. The summed E-state index contributed by atoms with van der Waals surface area (Å²) in [5.41, 5.74) is 3.33. The summed E-state index contributed by atoms with van der Waals surface area (Å²) in [5.74, 6) is -0.883. The summed E-state index contributed by atoms with van der Waals surface area (Å²) < 4.78 is 7.12. The molecule has 0 aliphatic heterocycles. The fraction of sp³-hybridized carbons (Fsp3) is 0.130. The van der Waals surface area contributed by atoms with Crippen molar-refractivity contribution >= 4 is 46.1 Å². The molecule has 2 aromatic heterocycles. The van der Waals surface area contributed by atoms with Crippen molar-refractivity contribution in [3.63, 3.8) is 0 Å². The molecule has 0 unspecified atom stereocenters. The van der Waals surface area contributed by atoms with Gasteiger partial charge in [-0.1, -0.05) is 23.2 Å². The highest BCUT2D eigenvalue weighted by Crippen LogP contribution is 2.29. The molecule has 0 bridgehead atoms. The van der Waals surface area contributed by atoms with Gasteiger partial charge in [-0.3, -0.25) is 9.78 Å². The number of hydrogen-bond acceptors (Lipinski definition) is 5. The molecule has 162 valence electrons. The maximum Gasteiger partial charge on any atom is 0.341 e. The van der Waals surface area contributed by atoms with E-state index in [1.807, 2.05) is 11.5 Å². The molecule has 9 heteroatoms. The Hall–Kier alpha value is -3.42. The van der Waals surface area contributed by atoms with Crippen LogP contribution in [0.4, 0.5) is 0 Å². The van der Waals surface area contributed by atoms with Crippen molar-refractivity contribution in [3.8, 4) is 5.75 Å². The third-order valence-electron chi connectivity index (χ3n) is 4.98. The Morgan fingerprint density at radius 2 is 1.78 bits per heavy atom. The minimum Gasteiger partial charge on any atom is -0.482 e. The first-order valence-corrected chi connectivity index (χ1v) is 10.3. The number of hydrogen-bond donors (Lipinski definition) is 1. The molecule has 0 saturated carbocycles. The van der Waals surface area contributed by atoms with Crippen LogP contribution in [0, 0.1) is 6.92 Å². The monoisotopic (exact) mass is 469 g/mol. The van der Waals surface area contributed by atoms with E-state index in [4.69, 9.17) is 33.0 Å². The Morgan fingerprint density at radius 3 is 2.50 bits per heavy atom. The maximum atomic E-state index is 13.3. The van der Waals surface area contributed by atoms with E-state index in [0.29, 0.717) is 49.3 Å². The van der Waals surface area contributed by atoms with Crippen molar-refractivity contribution in [2.24, 2.45) is 0 Å². The van der Waals surface area contributed by atoms with Crippen LogP contribution in [0.2, 0.25) is 10.0 Å². The number of carboxylic acids is 1. The van der Waals surface area contributed by atoms with Gasteiger partial charge in [0.2, 0.25) is 0 Å². The van der Waals surface area contributed by atoms with Gasteiger partial charge >= 0.3 is 5.97 Å². The first-order chi connectivity index (χ1) is 15.3. The number of aromatic nitrogens is 3. The Morgan fingerprint density at radius 1 is 1.06 bits per heavy atom. The fourth-order valence-corrected chi connectivity index (χ4v) is 3.76. The molecular weight excluding hydrogens is 453 g/mol. The second-order valence-electron chi connectivity index (χ2n) is 7.05. The molecule has 0 saturated heterocycles. The van der Waals surface area contributed by atoms with E-state index in [1.54, 1.807) is 48.7 Å². The summed E-state index contributed by atoms with van der Waals surface area (Å²) >= 11 is 12.3. The quantitative estimate of drug-likeness (QED) is 0.391. The van der Waals surface area contributed by atoms with Gasteiger partial charge in [-0.05, 0) is 55.0 Å². The van der Waals surface area contributed by atoms with Crippen LogP contribution >= 0.6 is 23.2 Å². The largest absolute Gasteiger partial charge is 0.482 e. The first-order valence-electron chi connectivity index (χ1n) is 9.58. The van der Waals surface area contributed by atoms with Crippen molar-refractivity contribution < 1.29 is 19.4 Å². The number of halogens is 2. The van der Waals surface area contributed by atoms with Crippen molar-refractivity contribution in [2.75, 3.05) is 6.61 Å². The summed E-state index contributed by atoms with van der Waals surface area (Å²) in [5, 5.41) is 9.86. The van der Waals surface area contributed by atoms with E-state index in [-0.39, 0.29) is 12.3 Å². The molecule has 4 rings (SSSR count). The summed E-state index contributed by atoms with van der Waals surface area (Å²) in [6, 6.07) is 11.6. The summed E-state index contributed by atoms with van der Waals surface area (Å²) in [6.07, 6.45) is 3.10. The lowest BCUT2D eigenvalue weighted by atomic mass is 10.0. The van der Waals surface area contributed by atoms with Crippen LogP contribution in [0.3, 0.4) is 0 Å². The highest BCUT2D eigenvalue weighted by atomic mass is 35.5. The van der Waals surface area contributed by atoms with Crippen LogP contribution in [0.25, 0.3) is 11.2 Å². The SMILES string of the molecule is Cc1c(C(=O)c2ccc(Cl)cc2)c2nccnc2n1Cc1cc(OCC(=O)O)ccc1Cl. The number of carboxylic acid groups (broad SMARTS) is 1. The molecule has 1 N–H and O–H groups in total. The van der Waals surface area contributed by atoms with Gasteiger partial charge in [0.1, 0.15) is 11.3 Å². The topological polar surface area (TPSA) is 94.3 Å². The predicted molar refractivity (Wildman–Crippen MR) is 121 cm³/mol. The number of ether oxygens (including phenoxy) is 1. The molecule has 0 amide bonds. The van der Waals surface area contributed by atoms with Crippen LogP contribution in [-0.4, -0.2) is 38.0 Å².